The van der Waals surface area contributed by atoms with Gasteiger partial charge >= 0.3 is 0 Å². The molecule has 1 atom stereocenters. The lowest BCUT2D eigenvalue weighted by molar-refractivity contribution is -0.140. The molecule has 0 aromatic heterocycles. The van der Waals surface area contributed by atoms with Crippen molar-refractivity contribution >= 4 is 29.3 Å². The summed E-state index contributed by atoms with van der Waals surface area (Å²) in [6.07, 6.45) is 2.74. The van der Waals surface area contributed by atoms with Crippen LogP contribution in [0, 0.1) is 0 Å². The summed E-state index contributed by atoms with van der Waals surface area (Å²) < 4.78 is 0. The summed E-state index contributed by atoms with van der Waals surface area (Å²) in [6, 6.07) is 7.04. The zero-order chi connectivity index (χ0) is 20.3. The highest BCUT2D eigenvalue weighted by Crippen LogP contribution is 2.27. The van der Waals surface area contributed by atoms with E-state index in [0.29, 0.717) is 50.2 Å². The van der Waals surface area contributed by atoms with Crippen molar-refractivity contribution in [1.29, 1.82) is 0 Å². The fraction of sp³-hybridized carbons (Fsp3) is 0.571. The second-order valence-corrected chi connectivity index (χ2v) is 8.37. The molecule has 2 heterocycles. The van der Waals surface area contributed by atoms with E-state index in [-0.39, 0.29) is 35.8 Å². The maximum Gasteiger partial charge on any atom is 0.243 e. The Bertz CT molecular complexity index is 744. The fourth-order valence-corrected chi connectivity index (χ4v) is 4.34. The topological polar surface area (TPSA) is 69.7 Å². The van der Waals surface area contributed by atoms with Crippen LogP contribution in [0.25, 0.3) is 0 Å². The minimum atomic E-state index is -0.381. The summed E-state index contributed by atoms with van der Waals surface area (Å²) in [5.41, 5.74) is 0.903. The zero-order valence-electron chi connectivity index (χ0n) is 16.5. The molecule has 3 amide bonds. The number of benzene rings is 1. The molecule has 6 nitrogen and oxygen atoms in total. The summed E-state index contributed by atoms with van der Waals surface area (Å²) in [5.74, 6) is 0.0514. The number of carbonyl (C=O) groups is 3. The molecule has 0 radical (unpaired) electrons. The summed E-state index contributed by atoms with van der Waals surface area (Å²) in [6.45, 7) is 5.05. The van der Waals surface area contributed by atoms with Gasteiger partial charge in [-0.05, 0) is 50.8 Å². The predicted molar refractivity (Wildman–Crippen MR) is 108 cm³/mol. The number of hydrogen-bond acceptors (Lipinski definition) is 3. The van der Waals surface area contributed by atoms with Crippen molar-refractivity contribution < 1.29 is 14.4 Å². The van der Waals surface area contributed by atoms with Crippen molar-refractivity contribution in [1.82, 2.24) is 15.1 Å². The Morgan fingerprint density at radius 1 is 1.21 bits per heavy atom. The smallest absolute Gasteiger partial charge is 0.243 e. The number of carbonyl (C=O) groups excluding carboxylic acids is 3. The summed E-state index contributed by atoms with van der Waals surface area (Å²) >= 11 is 6.00. The minimum absolute atomic E-state index is 0.0214. The van der Waals surface area contributed by atoms with Crippen LogP contribution >= 0.6 is 11.6 Å². The van der Waals surface area contributed by atoms with Gasteiger partial charge in [0.25, 0.3) is 0 Å². The van der Waals surface area contributed by atoms with Crippen LogP contribution in [0.1, 0.15) is 45.1 Å². The van der Waals surface area contributed by atoms with E-state index in [0.717, 1.165) is 5.56 Å². The molecule has 0 bridgehead atoms. The molecule has 152 valence electrons. The average molecular weight is 406 g/mol. The van der Waals surface area contributed by atoms with E-state index in [1.54, 1.807) is 11.0 Å². The monoisotopic (exact) mass is 405 g/mol. The second kappa shape index (κ2) is 8.95. The van der Waals surface area contributed by atoms with Crippen LogP contribution in [0.15, 0.2) is 24.3 Å². The number of piperidine rings is 1. The molecule has 3 rings (SSSR count). The Balaban J connectivity index is 1.57. The van der Waals surface area contributed by atoms with Gasteiger partial charge in [-0.2, -0.15) is 0 Å². The lowest BCUT2D eigenvalue weighted by Gasteiger charge is -2.39. The third-order valence-electron chi connectivity index (χ3n) is 5.44. The number of hydrogen-bond donors (Lipinski definition) is 1. The molecule has 0 spiro atoms. The van der Waals surface area contributed by atoms with Crippen LogP contribution in [0.4, 0.5) is 0 Å². The van der Waals surface area contributed by atoms with E-state index in [4.69, 9.17) is 11.6 Å². The molecule has 1 unspecified atom stereocenters. The molecule has 0 aliphatic carbocycles. The van der Waals surface area contributed by atoms with Crippen molar-refractivity contribution in [2.45, 2.75) is 64.1 Å². The van der Waals surface area contributed by atoms with Crippen LogP contribution in [-0.2, 0) is 20.8 Å². The Labute approximate surface area is 171 Å². The number of likely N-dealkylation sites (tertiary alicyclic amines) is 2. The van der Waals surface area contributed by atoms with Crippen LogP contribution in [0.3, 0.4) is 0 Å². The van der Waals surface area contributed by atoms with Gasteiger partial charge in [-0.1, -0.05) is 23.7 Å². The number of rotatable bonds is 5. The maximum absolute atomic E-state index is 12.6. The van der Waals surface area contributed by atoms with Gasteiger partial charge < -0.3 is 15.1 Å². The first-order valence-electron chi connectivity index (χ1n) is 9.99. The van der Waals surface area contributed by atoms with Gasteiger partial charge in [-0.3, -0.25) is 14.4 Å². The van der Waals surface area contributed by atoms with Crippen molar-refractivity contribution in [3.63, 3.8) is 0 Å². The van der Waals surface area contributed by atoms with Gasteiger partial charge in [0, 0.05) is 36.6 Å². The van der Waals surface area contributed by atoms with Crippen LogP contribution in [-0.4, -0.2) is 58.7 Å². The van der Waals surface area contributed by atoms with Crippen LogP contribution < -0.4 is 5.32 Å². The molecule has 1 N–H and O–H groups in total. The first-order chi connectivity index (χ1) is 13.3. The largest absolute Gasteiger partial charge is 0.352 e. The summed E-state index contributed by atoms with van der Waals surface area (Å²) in [7, 11) is 0. The van der Waals surface area contributed by atoms with Crippen LogP contribution in [0.5, 0.6) is 0 Å². The van der Waals surface area contributed by atoms with E-state index in [9.17, 15) is 14.4 Å². The van der Waals surface area contributed by atoms with Gasteiger partial charge in [-0.25, -0.2) is 0 Å². The molecule has 2 saturated heterocycles. The molecule has 0 saturated carbocycles. The van der Waals surface area contributed by atoms with Gasteiger partial charge in [0.2, 0.25) is 17.7 Å². The van der Waals surface area contributed by atoms with E-state index < -0.39 is 0 Å². The first-order valence-corrected chi connectivity index (χ1v) is 10.4. The Hall–Kier alpha value is -2.08. The number of halogens is 1. The third kappa shape index (κ3) is 4.85. The predicted octanol–water partition coefficient (Wildman–Crippen LogP) is 2.39. The van der Waals surface area contributed by atoms with Gasteiger partial charge in [0.1, 0.15) is 6.04 Å². The number of amides is 3. The molecule has 7 heteroatoms. The maximum atomic E-state index is 12.6. The van der Waals surface area contributed by atoms with Crippen LogP contribution in [0.2, 0.25) is 5.02 Å². The molecular formula is C21H28ClN3O3. The molecule has 28 heavy (non-hydrogen) atoms. The van der Waals surface area contributed by atoms with Gasteiger partial charge in [-0.15, -0.1) is 0 Å². The van der Waals surface area contributed by atoms with Crippen molar-refractivity contribution in [3.05, 3.63) is 34.9 Å². The van der Waals surface area contributed by atoms with Crippen molar-refractivity contribution in [2.24, 2.45) is 0 Å². The fourth-order valence-electron chi connectivity index (χ4n) is 4.13. The lowest BCUT2D eigenvalue weighted by atomic mass is 10.0. The molecular weight excluding hydrogens is 378 g/mol. The lowest BCUT2D eigenvalue weighted by Crippen LogP contribution is -2.54. The molecule has 2 fully saturated rings. The Kier molecular flexibility index (Phi) is 6.60. The molecule has 2 aliphatic heterocycles. The van der Waals surface area contributed by atoms with E-state index in [2.05, 4.69) is 5.32 Å². The standard InChI is InChI=1S/C21H28ClN3O3/c1-14(2)23-21(28)18-6-7-19(26)25(18)17-8-10-24(11-9-17)20(27)13-15-4-3-5-16(22)12-15/h3-5,12,14,17-18H,6-11,13H2,1-2H3,(H,23,28). The van der Waals surface area contributed by atoms with Gasteiger partial charge in [0.05, 0.1) is 6.42 Å². The molecule has 1 aromatic rings. The summed E-state index contributed by atoms with van der Waals surface area (Å²) in [5, 5.41) is 3.55. The number of nitrogens with zero attached hydrogens (tertiary/aromatic N) is 2. The summed E-state index contributed by atoms with van der Waals surface area (Å²) in [4.78, 5) is 41.1. The highest BCUT2D eigenvalue weighted by Gasteiger charge is 2.41. The highest BCUT2D eigenvalue weighted by molar-refractivity contribution is 6.30. The van der Waals surface area contributed by atoms with E-state index >= 15 is 0 Å². The molecule has 1 aromatic carbocycles. The quantitative estimate of drug-likeness (QED) is 0.817. The van der Waals surface area contributed by atoms with Gasteiger partial charge in [0.15, 0.2) is 0 Å². The molecule has 2 aliphatic rings. The second-order valence-electron chi connectivity index (χ2n) is 7.94. The Morgan fingerprint density at radius 2 is 1.93 bits per heavy atom. The van der Waals surface area contributed by atoms with E-state index in [1.807, 2.05) is 36.9 Å². The number of nitrogens with one attached hydrogen (secondary N) is 1. The highest BCUT2D eigenvalue weighted by atomic mass is 35.5. The minimum Gasteiger partial charge on any atom is -0.352 e. The first kappa shape index (κ1) is 20.6. The SMILES string of the molecule is CC(C)NC(=O)C1CCC(=O)N1C1CCN(C(=O)Cc2cccc(Cl)c2)CC1. The average Bonchev–Trinajstić information content (AvgIpc) is 3.03. The van der Waals surface area contributed by atoms with E-state index in [1.165, 1.54) is 0 Å². The zero-order valence-corrected chi connectivity index (χ0v) is 17.2. The Morgan fingerprint density at radius 3 is 2.57 bits per heavy atom. The van der Waals surface area contributed by atoms with Crippen molar-refractivity contribution in [3.8, 4) is 0 Å². The normalized spacial score (nSPS) is 20.7. The van der Waals surface area contributed by atoms with Crippen molar-refractivity contribution in [2.75, 3.05) is 13.1 Å². The third-order valence-corrected chi connectivity index (χ3v) is 5.68.